The second-order valence-electron chi connectivity index (χ2n) is 6.52. The predicted molar refractivity (Wildman–Crippen MR) is 89.7 cm³/mol. The molecular formula is C18H25N3. The molecule has 1 atom stereocenters. The number of nitrogens with zero attached hydrogens (tertiary/aromatic N) is 2. The molecule has 1 fully saturated rings. The van der Waals surface area contributed by atoms with E-state index >= 15 is 0 Å². The van der Waals surface area contributed by atoms with Crippen molar-refractivity contribution in [1.29, 1.82) is 0 Å². The number of nitrogens with two attached hydrogens (primary N) is 1. The summed E-state index contributed by atoms with van der Waals surface area (Å²) >= 11 is 0. The maximum absolute atomic E-state index is 6.03. The molecule has 1 unspecified atom stereocenters. The molecule has 3 rings (SSSR count). The maximum Gasteiger partial charge on any atom is 0.132 e. The van der Waals surface area contributed by atoms with Gasteiger partial charge in [0.15, 0.2) is 0 Å². The Balaban J connectivity index is 1.95. The zero-order valence-electron chi connectivity index (χ0n) is 13.0. The standard InChI is InChI=1S/C18H25N3/c1-13(19)10-16-11-15-8-3-4-9-17(15)20-18(16)21(2)12-14-6-5-7-14/h3-4,8-9,11,13-14H,5-7,10,12,19H2,1-2H3. The molecule has 1 aliphatic rings. The highest BCUT2D eigenvalue weighted by Crippen LogP contribution is 2.30. The lowest BCUT2D eigenvalue weighted by molar-refractivity contribution is 0.321. The number of fused-ring (bicyclic) bond motifs is 1. The summed E-state index contributed by atoms with van der Waals surface area (Å²) in [5.41, 5.74) is 8.37. The second-order valence-corrected chi connectivity index (χ2v) is 6.52. The van der Waals surface area contributed by atoms with Gasteiger partial charge in [0, 0.05) is 25.0 Å². The highest BCUT2D eigenvalue weighted by Gasteiger charge is 2.21. The molecule has 1 heterocycles. The Morgan fingerprint density at radius 3 is 2.76 bits per heavy atom. The van der Waals surface area contributed by atoms with Gasteiger partial charge in [0.1, 0.15) is 5.82 Å². The van der Waals surface area contributed by atoms with Crippen LogP contribution in [0.15, 0.2) is 30.3 Å². The van der Waals surface area contributed by atoms with Crippen LogP contribution in [0.2, 0.25) is 0 Å². The van der Waals surface area contributed by atoms with Crippen LogP contribution in [0.1, 0.15) is 31.7 Å². The van der Waals surface area contributed by atoms with Crippen LogP contribution in [-0.2, 0) is 6.42 Å². The van der Waals surface area contributed by atoms with Crippen LogP contribution < -0.4 is 10.6 Å². The van der Waals surface area contributed by atoms with Crippen molar-refractivity contribution >= 4 is 16.7 Å². The van der Waals surface area contributed by atoms with Crippen molar-refractivity contribution in [2.75, 3.05) is 18.5 Å². The van der Waals surface area contributed by atoms with E-state index in [2.05, 4.69) is 49.2 Å². The highest BCUT2D eigenvalue weighted by molar-refractivity contribution is 5.81. The van der Waals surface area contributed by atoms with Crippen LogP contribution in [0.5, 0.6) is 0 Å². The summed E-state index contributed by atoms with van der Waals surface area (Å²) in [7, 11) is 2.17. The van der Waals surface area contributed by atoms with Gasteiger partial charge in [0.25, 0.3) is 0 Å². The van der Waals surface area contributed by atoms with Crippen LogP contribution in [0.4, 0.5) is 5.82 Å². The molecule has 21 heavy (non-hydrogen) atoms. The van der Waals surface area contributed by atoms with E-state index in [4.69, 9.17) is 10.7 Å². The topological polar surface area (TPSA) is 42.1 Å². The molecular weight excluding hydrogens is 258 g/mol. The molecule has 112 valence electrons. The van der Waals surface area contributed by atoms with Crippen molar-refractivity contribution in [3.05, 3.63) is 35.9 Å². The summed E-state index contributed by atoms with van der Waals surface area (Å²) in [6, 6.07) is 10.8. The number of pyridine rings is 1. The van der Waals surface area contributed by atoms with Crippen LogP contribution in [0.25, 0.3) is 10.9 Å². The highest BCUT2D eigenvalue weighted by atomic mass is 15.2. The Labute approximate surface area is 127 Å². The minimum absolute atomic E-state index is 0.156. The van der Waals surface area contributed by atoms with E-state index in [0.717, 1.165) is 30.2 Å². The van der Waals surface area contributed by atoms with Crippen molar-refractivity contribution in [2.45, 2.75) is 38.6 Å². The molecule has 0 bridgehead atoms. The Morgan fingerprint density at radius 1 is 1.33 bits per heavy atom. The summed E-state index contributed by atoms with van der Waals surface area (Å²) in [6.45, 7) is 3.17. The van der Waals surface area contributed by atoms with E-state index in [1.54, 1.807) is 0 Å². The zero-order valence-corrected chi connectivity index (χ0v) is 13.0. The Morgan fingerprint density at radius 2 is 2.10 bits per heavy atom. The number of anilines is 1. The largest absolute Gasteiger partial charge is 0.359 e. The number of benzene rings is 1. The SMILES string of the molecule is CC(N)Cc1cc2ccccc2nc1N(C)CC1CCC1. The summed E-state index contributed by atoms with van der Waals surface area (Å²) in [5, 5.41) is 1.20. The minimum Gasteiger partial charge on any atom is -0.359 e. The van der Waals surface area contributed by atoms with Gasteiger partial charge in [-0.1, -0.05) is 24.6 Å². The summed E-state index contributed by atoms with van der Waals surface area (Å²) < 4.78 is 0. The van der Waals surface area contributed by atoms with Gasteiger partial charge in [0.2, 0.25) is 0 Å². The minimum atomic E-state index is 0.156. The molecule has 3 nitrogen and oxygen atoms in total. The molecule has 0 spiro atoms. The number of hydrogen-bond donors (Lipinski definition) is 1. The van der Waals surface area contributed by atoms with E-state index < -0.39 is 0 Å². The molecule has 0 amide bonds. The molecule has 0 radical (unpaired) electrons. The first-order valence-electron chi connectivity index (χ1n) is 7.99. The average molecular weight is 283 g/mol. The lowest BCUT2D eigenvalue weighted by Crippen LogP contribution is -2.31. The molecule has 2 aromatic rings. The third-order valence-corrected chi connectivity index (χ3v) is 4.44. The van der Waals surface area contributed by atoms with E-state index in [1.807, 2.05) is 0 Å². The smallest absolute Gasteiger partial charge is 0.132 e. The first-order chi connectivity index (χ1) is 10.1. The fourth-order valence-electron chi connectivity index (χ4n) is 3.13. The summed E-state index contributed by atoms with van der Waals surface area (Å²) in [6.07, 6.45) is 4.99. The van der Waals surface area contributed by atoms with Crippen LogP contribution in [0.3, 0.4) is 0 Å². The first-order valence-corrected chi connectivity index (χ1v) is 7.99. The van der Waals surface area contributed by atoms with Gasteiger partial charge in [0.05, 0.1) is 5.52 Å². The van der Waals surface area contributed by atoms with E-state index in [-0.39, 0.29) is 6.04 Å². The van der Waals surface area contributed by atoms with Crippen molar-refractivity contribution < 1.29 is 0 Å². The van der Waals surface area contributed by atoms with Gasteiger partial charge in [-0.05, 0) is 49.8 Å². The number of rotatable bonds is 5. The number of para-hydroxylation sites is 1. The lowest BCUT2D eigenvalue weighted by atomic mass is 9.85. The molecule has 1 aromatic heterocycles. The van der Waals surface area contributed by atoms with Gasteiger partial charge in [-0.2, -0.15) is 0 Å². The van der Waals surface area contributed by atoms with Crippen molar-refractivity contribution in [3.63, 3.8) is 0 Å². The van der Waals surface area contributed by atoms with E-state index in [0.29, 0.717) is 0 Å². The zero-order chi connectivity index (χ0) is 14.8. The molecule has 3 heteroatoms. The predicted octanol–water partition coefficient (Wildman–Crippen LogP) is 3.36. The molecule has 0 aliphatic heterocycles. The van der Waals surface area contributed by atoms with Gasteiger partial charge in [-0.25, -0.2) is 4.98 Å². The molecule has 2 N–H and O–H groups in total. The fraction of sp³-hybridized carbons (Fsp3) is 0.500. The molecule has 1 aliphatic carbocycles. The molecule has 1 saturated carbocycles. The van der Waals surface area contributed by atoms with Gasteiger partial charge >= 0.3 is 0 Å². The number of hydrogen-bond acceptors (Lipinski definition) is 3. The average Bonchev–Trinajstić information content (AvgIpc) is 2.41. The van der Waals surface area contributed by atoms with Crippen LogP contribution >= 0.6 is 0 Å². The fourth-order valence-corrected chi connectivity index (χ4v) is 3.13. The van der Waals surface area contributed by atoms with E-state index in [1.165, 1.54) is 30.2 Å². The first kappa shape index (κ1) is 14.3. The maximum atomic E-state index is 6.03. The third-order valence-electron chi connectivity index (χ3n) is 4.44. The monoisotopic (exact) mass is 283 g/mol. The Kier molecular flexibility index (Phi) is 4.11. The molecule has 1 aromatic carbocycles. The Bertz CT molecular complexity index is 617. The second kappa shape index (κ2) is 6.02. The van der Waals surface area contributed by atoms with Crippen LogP contribution in [0, 0.1) is 5.92 Å². The van der Waals surface area contributed by atoms with E-state index in [9.17, 15) is 0 Å². The van der Waals surface area contributed by atoms with Gasteiger partial charge in [-0.3, -0.25) is 0 Å². The van der Waals surface area contributed by atoms with Crippen molar-refractivity contribution in [2.24, 2.45) is 11.7 Å². The van der Waals surface area contributed by atoms with Crippen molar-refractivity contribution in [3.8, 4) is 0 Å². The number of aromatic nitrogens is 1. The third kappa shape index (κ3) is 3.18. The molecule has 0 saturated heterocycles. The quantitative estimate of drug-likeness (QED) is 0.915. The summed E-state index contributed by atoms with van der Waals surface area (Å²) in [5.74, 6) is 1.95. The summed E-state index contributed by atoms with van der Waals surface area (Å²) in [4.78, 5) is 7.24. The van der Waals surface area contributed by atoms with Gasteiger partial charge in [-0.15, -0.1) is 0 Å². The Hall–Kier alpha value is -1.61. The van der Waals surface area contributed by atoms with Crippen molar-refractivity contribution in [1.82, 2.24) is 4.98 Å². The van der Waals surface area contributed by atoms with Gasteiger partial charge < -0.3 is 10.6 Å². The lowest BCUT2D eigenvalue weighted by Gasteiger charge is -2.32. The van der Waals surface area contributed by atoms with Crippen LogP contribution in [-0.4, -0.2) is 24.6 Å². The normalized spacial score (nSPS) is 16.7.